The van der Waals surface area contributed by atoms with Crippen LogP contribution < -0.4 is 20.3 Å². The zero-order valence-corrected chi connectivity index (χ0v) is 13.3. The van der Waals surface area contributed by atoms with Crippen LogP contribution in [0.2, 0.25) is 0 Å². The maximum absolute atomic E-state index is 12.4. The van der Waals surface area contributed by atoms with E-state index in [1.165, 1.54) is 15.6 Å². The molecule has 0 saturated carbocycles. The van der Waals surface area contributed by atoms with Crippen LogP contribution in [0.15, 0.2) is 29.3 Å². The van der Waals surface area contributed by atoms with E-state index in [0.29, 0.717) is 29.4 Å². The normalized spacial score (nSPS) is 12.5. The van der Waals surface area contributed by atoms with Gasteiger partial charge < -0.3 is 14.8 Å². The van der Waals surface area contributed by atoms with Gasteiger partial charge in [-0.1, -0.05) is 5.21 Å². The Kier molecular flexibility index (Phi) is 3.56. The molecule has 0 fully saturated rings. The molecule has 0 atom stereocenters. The van der Waals surface area contributed by atoms with Crippen molar-refractivity contribution in [1.82, 2.24) is 24.5 Å². The summed E-state index contributed by atoms with van der Waals surface area (Å²) in [5.41, 5.74) is 0.680. The van der Waals surface area contributed by atoms with Crippen LogP contribution in [0.3, 0.4) is 0 Å². The van der Waals surface area contributed by atoms with E-state index in [0.717, 1.165) is 0 Å². The first-order chi connectivity index (χ1) is 12.2. The SMILES string of the molecule is CCn1nnc2c(=O)n(CC(=O)Nc3ccc4c(c3)OCO4)cnc21. The van der Waals surface area contributed by atoms with E-state index in [-0.39, 0.29) is 24.8 Å². The Morgan fingerprint density at radius 1 is 1.32 bits per heavy atom. The number of rotatable bonds is 4. The molecule has 10 nitrogen and oxygen atoms in total. The molecule has 1 amide bonds. The van der Waals surface area contributed by atoms with E-state index in [9.17, 15) is 9.59 Å². The van der Waals surface area contributed by atoms with Crippen molar-refractivity contribution in [2.45, 2.75) is 20.0 Å². The molecule has 1 aromatic carbocycles. The first-order valence-electron chi connectivity index (χ1n) is 7.64. The van der Waals surface area contributed by atoms with Gasteiger partial charge in [0, 0.05) is 18.3 Å². The average Bonchev–Trinajstić information content (AvgIpc) is 3.23. The number of hydrogen-bond acceptors (Lipinski definition) is 7. The minimum Gasteiger partial charge on any atom is -0.454 e. The number of ether oxygens (including phenoxy) is 2. The summed E-state index contributed by atoms with van der Waals surface area (Å²) < 4.78 is 13.2. The second-order valence-corrected chi connectivity index (χ2v) is 5.37. The maximum atomic E-state index is 12.4. The summed E-state index contributed by atoms with van der Waals surface area (Å²) in [6, 6.07) is 5.07. The van der Waals surface area contributed by atoms with Gasteiger partial charge in [0.1, 0.15) is 12.9 Å². The number of aryl methyl sites for hydroxylation is 1. The van der Waals surface area contributed by atoms with Gasteiger partial charge in [-0.15, -0.1) is 5.10 Å². The van der Waals surface area contributed by atoms with Crippen molar-refractivity contribution < 1.29 is 14.3 Å². The monoisotopic (exact) mass is 342 g/mol. The quantitative estimate of drug-likeness (QED) is 0.729. The lowest BCUT2D eigenvalue weighted by Crippen LogP contribution is -2.28. The molecular weight excluding hydrogens is 328 g/mol. The van der Waals surface area contributed by atoms with Crippen LogP contribution in [0.1, 0.15) is 6.92 Å². The Morgan fingerprint density at radius 3 is 3.00 bits per heavy atom. The third-order valence-corrected chi connectivity index (χ3v) is 3.76. The minimum absolute atomic E-state index is 0.139. The summed E-state index contributed by atoms with van der Waals surface area (Å²) in [6.45, 7) is 2.40. The highest BCUT2D eigenvalue weighted by Gasteiger charge is 2.16. The molecule has 4 rings (SSSR count). The average molecular weight is 342 g/mol. The second-order valence-electron chi connectivity index (χ2n) is 5.37. The van der Waals surface area contributed by atoms with Gasteiger partial charge in [-0.2, -0.15) is 0 Å². The van der Waals surface area contributed by atoms with Gasteiger partial charge in [-0.3, -0.25) is 14.2 Å². The largest absolute Gasteiger partial charge is 0.454 e. The lowest BCUT2D eigenvalue weighted by atomic mass is 10.3. The summed E-state index contributed by atoms with van der Waals surface area (Å²) in [5, 5.41) is 10.4. The number of nitrogens with one attached hydrogen (secondary N) is 1. The van der Waals surface area contributed by atoms with Crippen LogP contribution in [0.4, 0.5) is 5.69 Å². The molecule has 0 unspecified atom stereocenters. The fourth-order valence-electron chi connectivity index (χ4n) is 2.54. The van der Waals surface area contributed by atoms with Gasteiger partial charge >= 0.3 is 0 Å². The highest BCUT2D eigenvalue weighted by Crippen LogP contribution is 2.34. The van der Waals surface area contributed by atoms with Crippen molar-refractivity contribution in [2.75, 3.05) is 12.1 Å². The smallest absolute Gasteiger partial charge is 0.283 e. The van der Waals surface area contributed by atoms with Gasteiger partial charge in [0.2, 0.25) is 12.7 Å². The molecule has 0 saturated heterocycles. The van der Waals surface area contributed by atoms with E-state index in [1.54, 1.807) is 18.2 Å². The van der Waals surface area contributed by atoms with Gasteiger partial charge in [0.05, 0.1) is 0 Å². The number of amides is 1. The first-order valence-corrected chi connectivity index (χ1v) is 7.64. The van der Waals surface area contributed by atoms with E-state index < -0.39 is 5.56 Å². The molecule has 10 heteroatoms. The molecule has 25 heavy (non-hydrogen) atoms. The van der Waals surface area contributed by atoms with Crippen LogP contribution >= 0.6 is 0 Å². The number of anilines is 1. The molecule has 1 aliphatic rings. The lowest BCUT2D eigenvalue weighted by Gasteiger charge is -2.07. The Hall–Kier alpha value is -3.43. The van der Waals surface area contributed by atoms with Crippen molar-refractivity contribution in [3.63, 3.8) is 0 Å². The molecule has 0 aliphatic carbocycles. The number of hydrogen-bond donors (Lipinski definition) is 1. The lowest BCUT2D eigenvalue weighted by molar-refractivity contribution is -0.116. The molecule has 0 bridgehead atoms. The van der Waals surface area contributed by atoms with Crippen LogP contribution in [-0.4, -0.2) is 37.2 Å². The summed E-state index contributed by atoms with van der Waals surface area (Å²) >= 11 is 0. The standard InChI is InChI=1S/C15H14N6O4/c1-2-21-14-13(18-19-21)15(23)20(7-16-14)6-12(22)17-9-3-4-10-11(5-9)25-8-24-10/h3-5,7H,2,6,8H2,1H3,(H,17,22). The highest BCUT2D eigenvalue weighted by molar-refractivity contribution is 5.91. The summed E-state index contributed by atoms with van der Waals surface area (Å²) in [6.07, 6.45) is 1.32. The van der Waals surface area contributed by atoms with Crippen LogP contribution in [0.5, 0.6) is 11.5 Å². The number of carbonyl (C=O) groups excluding carboxylic acids is 1. The van der Waals surface area contributed by atoms with Crippen LogP contribution in [0, 0.1) is 0 Å². The van der Waals surface area contributed by atoms with E-state index in [2.05, 4.69) is 20.6 Å². The van der Waals surface area contributed by atoms with E-state index in [4.69, 9.17) is 9.47 Å². The fourth-order valence-corrected chi connectivity index (χ4v) is 2.54. The molecule has 1 N–H and O–H groups in total. The molecule has 3 aromatic rings. The fraction of sp³-hybridized carbons (Fsp3) is 0.267. The molecular formula is C15H14N6O4. The van der Waals surface area contributed by atoms with Gasteiger partial charge in [-0.05, 0) is 19.1 Å². The molecule has 2 aromatic heterocycles. The van der Waals surface area contributed by atoms with Crippen LogP contribution in [-0.2, 0) is 17.9 Å². The number of fused-ring (bicyclic) bond motifs is 2. The number of nitrogens with zero attached hydrogens (tertiary/aromatic N) is 5. The summed E-state index contributed by atoms with van der Waals surface area (Å²) in [5.74, 6) is 0.821. The zero-order valence-electron chi connectivity index (χ0n) is 13.3. The number of benzene rings is 1. The predicted molar refractivity (Wildman–Crippen MR) is 86.5 cm³/mol. The third-order valence-electron chi connectivity index (χ3n) is 3.76. The highest BCUT2D eigenvalue weighted by atomic mass is 16.7. The Balaban J connectivity index is 1.54. The second kappa shape index (κ2) is 5.89. The van der Waals surface area contributed by atoms with Gasteiger partial charge in [0.25, 0.3) is 5.56 Å². The van der Waals surface area contributed by atoms with E-state index in [1.807, 2.05) is 6.92 Å². The summed E-state index contributed by atoms with van der Waals surface area (Å²) in [4.78, 5) is 28.8. The van der Waals surface area contributed by atoms with Crippen molar-refractivity contribution in [3.8, 4) is 11.5 Å². The van der Waals surface area contributed by atoms with Crippen molar-refractivity contribution in [3.05, 3.63) is 34.9 Å². The van der Waals surface area contributed by atoms with Crippen molar-refractivity contribution >= 4 is 22.8 Å². The predicted octanol–water partition coefficient (Wildman–Crippen LogP) is 0.375. The number of carbonyl (C=O) groups is 1. The Labute approximate surface area is 141 Å². The minimum atomic E-state index is -0.412. The molecule has 3 heterocycles. The van der Waals surface area contributed by atoms with Gasteiger partial charge in [0.15, 0.2) is 22.7 Å². The third kappa shape index (κ3) is 2.67. The van der Waals surface area contributed by atoms with Crippen molar-refractivity contribution in [2.24, 2.45) is 0 Å². The Morgan fingerprint density at radius 2 is 2.16 bits per heavy atom. The van der Waals surface area contributed by atoms with Crippen LogP contribution in [0.25, 0.3) is 11.2 Å². The maximum Gasteiger partial charge on any atom is 0.283 e. The molecule has 128 valence electrons. The molecule has 0 spiro atoms. The molecule has 1 aliphatic heterocycles. The van der Waals surface area contributed by atoms with Gasteiger partial charge in [-0.25, -0.2) is 9.67 Å². The van der Waals surface area contributed by atoms with Crippen molar-refractivity contribution in [1.29, 1.82) is 0 Å². The number of aromatic nitrogens is 5. The van der Waals surface area contributed by atoms with E-state index >= 15 is 0 Å². The Bertz CT molecular complexity index is 1020. The zero-order chi connectivity index (χ0) is 17.4. The molecule has 0 radical (unpaired) electrons. The summed E-state index contributed by atoms with van der Waals surface area (Å²) in [7, 11) is 0. The topological polar surface area (TPSA) is 113 Å². The first kappa shape index (κ1) is 15.1.